The molecule has 2 aliphatic heterocycles. The zero-order chi connectivity index (χ0) is 19.4. The van der Waals surface area contributed by atoms with Crippen LogP contribution in [0.3, 0.4) is 0 Å². The van der Waals surface area contributed by atoms with Crippen LogP contribution in [-0.2, 0) is 16.1 Å². The number of fused-ring (bicyclic) bond motifs is 1. The van der Waals surface area contributed by atoms with Crippen LogP contribution in [0, 0.1) is 11.3 Å². The third-order valence-electron chi connectivity index (χ3n) is 6.27. The molecule has 0 saturated carbocycles. The highest BCUT2D eigenvalue weighted by molar-refractivity contribution is 5.78. The smallest absolute Gasteiger partial charge is 0.313 e. The van der Waals surface area contributed by atoms with Crippen molar-refractivity contribution in [2.75, 3.05) is 39.9 Å². The van der Waals surface area contributed by atoms with Crippen molar-refractivity contribution < 1.29 is 14.3 Å². The van der Waals surface area contributed by atoms with Crippen LogP contribution in [0.4, 0.5) is 0 Å². The lowest BCUT2D eigenvalue weighted by Gasteiger charge is -2.31. The maximum atomic E-state index is 13.0. The molecule has 0 N–H and O–H groups in total. The Kier molecular flexibility index (Phi) is 6.43. The van der Waals surface area contributed by atoms with Crippen LogP contribution in [0.15, 0.2) is 24.3 Å². The van der Waals surface area contributed by atoms with Crippen LogP contribution in [0.5, 0.6) is 5.75 Å². The fourth-order valence-electron chi connectivity index (χ4n) is 4.68. The van der Waals surface area contributed by atoms with Gasteiger partial charge in [-0.1, -0.05) is 12.1 Å². The van der Waals surface area contributed by atoms with Crippen molar-refractivity contribution in [2.24, 2.45) is 11.3 Å². The monoisotopic (exact) mass is 374 g/mol. The average Bonchev–Trinajstić information content (AvgIpc) is 2.94. The summed E-state index contributed by atoms with van der Waals surface area (Å²) < 4.78 is 10.8. The maximum absolute atomic E-state index is 13.0. The van der Waals surface area contributed by atoms with E-state index in [2.05, 4.69) is 35.8 Å². The quantitative estimate of drug-likeness (QED) is 0.716. The van der Waals surface area contributed by atoms with E-state index in [1.807, 2.05) is 19.1 Å². The predicted octanol–water partition coefficient (Wildman–Crippen LogP) is 3.18. The summed E-state index contributed by atoms with van der Waals surface area (Å²) in [6, 6.07) is 8.77. The summed E-state index contributed by atoms with van der Waals surface area (Å²) in [6.07, 6.45) is 1.97. The molecule has 27 heavy (non-hydrogen) atoms. The van der Waals surface area contributed by atoms with Gasteiger partial charge in [-0.2, -0.15) is 0 Å². The molecule has 5 nitrogen and oxygen atoms in total. The molecule has 2 fully saturated rings. The van der Waals surface area contributed by atoms with Crippen LogP contribution in [0.2, 0.25) is 0 Å². The lowest BCUT2D eigenvalue weighted by molar-refractivity contribution is -0.157. The lowest BCUT2D eigenvalue weighted by atomic mass is 9.75. The molecule has 0 amide bonds. The number of carbonyl (C=O) groups excluding carboxylic acids is 1. The topological polar surface area (TPSA) is 42.0 Å². The van der Waals surface area contributed by atoms with Gasteiger partial charge in [-0.3, -0.25) is 14.6 Å². The second-order valence-corrected chi connectivity index (χ2v) is 8.28. The van der Waals surface area contributed by atoms with Crippen molar-refractivity contribution in [1.29, 1.82) is 0 Å². The number of ether oxygens (including phenoxy) is 2. The molecule has 2 heterocycles. The summed E-state index contributed by atoms with van der Waals surface area (Å²) in [5.74, 6) is 1.24. The molecule has 1 aromatic rings. The van der Waals surface area contributed by atoms with Crippen molar-refractivity contribution in [1.82, 2.24) is 9.80 Å². The number of benzene rings is 1. The van der Waals surface area contributed by atoms with Crippen LogP contribution >= 0.6 is 0 Å². The van der Waals surface area contributed by atoms with Gasteiger partial charge in [-0.15, -0.1) is 0 Å². The Labute approximate surface area is 163 Å². The van der Waals surface area contributed by atoms with Crippen molar-refractivity contribution >= 4 is 5.97 Å². The first kappa shape index (κ1) is 20.2. The van der Waals surface area contributed by atoms with Gasteiger partial charge in [-0.25, -0.2) is 0 Å². The number of nitrogens with zero attached hydrogens (tertiary/aromatic N) is 2. The fraction of sp³-hybridized carbons (Fsp3) is 0.682. The van der Waals surface area contributed by atoms with E-state index in [0.717, 1.165) is 51.3 Å². The van der Waals surface area contributed by atoms with Gasteiger partial charge in [0.15, 0.2) is 0 Å². The minimum Gasteiger partial charge on any atom is -0.497 e. The van der Waals surface area contributed by atoms with E-state index in [0.29, 0.717) is 18.6 Å². The Morgan fingerprint density at radius 2 is 2.00 bits per heavy atom. The van der Waals surface area contributed by atoms with E-state index < -0.39 is 0 Å². The first-order valence-corrected chi connectivity index (χ1v) is 10.2. The van der Waals surface area contributed by atoms with Gasteiger partial charge < -0.3 is 9.47 Å². The summed E-state index contributed by atoms with van der Waals surface area (Å²) in [7, 11) is 1.69. The van der Waals surface area contributed by atoms with E-state index in [1.54, 1.807) is 7.11 Å². The van der Waals surface area contributed by atoms with E-state index in [-0.39, 0.29) is 11.4 Å². The van der Waals surface area contributed by atoms with Gasteiger partial charge >= 0.3 is 5.97 Å². The lowest BCUT2D eigenvalue weighted by Crippen LogP contribution is -2.42. The highest BCUT2D eigenvalue weighted by Crippen LogP contribution is 2.44. The number of likely N-dealkylation sites (tertiary alicyclic amines) is 2. The van der Waals surface area contributed by atoms with Crippen molar-refractivity contribution in [3.8, 4) is 5.75 Å². The fourth-order valence-corrected chi connectivity index (χ4v) is 4.68. The Bertz CT molecular complexity index is 631. The molecule has 2 saturated heterocycles. The Morgan fingerprint density at radius 3 is 2.63 bits per heavy atom. The van der Waals surface area contributed by atoms with Gasteiger partial charge in [0.25, 0.3) is 0 Å². The molecule has 0 spiro atoms. The highest BCUT2D eigenvalue weighted by Gasteiger charge is 2.54. The third kappa shape index (κ3) is 4.30. The highest BCUT2D eigenvalue weighted by atomic mass is 16.5. The summed E-state index contributed by atoms with van der Waals surface area (Å²) >= 11 is 0. The Morgan fingerprint density at radius 1 is 1.26 bits per heavy atom. The minimum absolute atomic E-state index is 0.0180. The molecule has 1 aromatic carbocycles. The number of esters is 1. The zero-order valence-electron chi connectivity index (χ0n) is 17.2. The SMILES string of the molecule is CCOC(=O)[C@]12CCCN(Cc3ccc(OC)cc3)C[C@H]1CN(C(C)C)C2. The van der Waals surface area contributed by atoms with E-state index in [4.69, 9.17) is 9.47 Å². The summed E-state index contributed by atoms with van der Waals surface area (Å²) in [4.78, 5) is 17.9. The molecule has 0 aromatic heterocycles. The minimum atomic E-state index is -0.338. The van der Waals surface area contributed by atoms with E-state index in [9.17, 15) is 4.79 Å². The standard InChI is InChI=1S/C22H34N2O3/c1-5-27-21(25)22-11-6-12-23(13-18-7-9-20(26-4)10-8-18)14-19(22)15-24(16-22)17(2)3/h7-10,17,19H,5-6,11-16H2,1-4H3/t19-,22-/m0/s1. The maximum Gasteiger partial charge on any atom is 0.313 e. The largest absolute Gasteiger partial charge is 0.497 e. The van der Waals surface area contributed by atoms with Gasteiger partial charge in [-0.05, 0) is 57.9 Å². The van der Waals surface area contributed by atoms with Crippen LogP contribution in [0.1, 0.15) is 39.2 Å². The third-order valence-corrected chi connectivity index (χ3v) is 6.27. The van der Waals surface area contributed by atoms with Gasteiger partial charge in [0.2, 0.25) is 0 Å². The first-order valence-electron chi connectivity index (χ1n) is 10.2. The molecule has 0 bridgehead atoms. The second kappa shape index (κ2) is 8.61. The van der Waals surface area contributed by atoms with E-state index >= 15 is 0 Å². The van der Waals surface area contributed by atoms with Crippen LogP contribution < -0.4 is 4.74 Å². The van der Waals surface area contributed by atoms with Gasteiger partial charge in [0, 0.05) is 38.1 Å². The van der Waals surface area contributed by atoms with Crippen molar-refractivity contribution in [3.05, 3.63) is 29.8 Å². The molecule has 2 atom stereocenters. The normalized spacial score (nSPS) is 26.6. The predicted molar refractivity (Wildman–Crippen MR) is 107 cm³/mol. The first-order chi connectivity index (χ1) is 13.0. The number of hydrogen-bond donors (Lipinski definition) is 0. The molecule has 0 aliphatic carbocycles. The second-order valence-electron chi connectivity index (χ2n) is 8.28. The molecule has 0 radical (unpaired) electrons. The number of carbonyl (C=O) groups is 1. The molecule has 5 heteroatoms. The van der Waals surface area contributed by atoms with Crippen LogP contribution in [-0.4, -0.2) is 61.7 Å². The molecule has 3 rings (SSSR count). The number of rotatable bonds is 6. The van der Waals surface area contributed by atoms with Crippen molar-refractivity contribution in [3.63, 3.8) is 0 Å². The van der Waals surface area contributed by atoms with Gasteiger partial charge in [0.05, 0.1) is 19.1 Å². The Hall–Kier alpha value is -1.59. The van der Waals surface area contributed by atoms with E-state index in [1.165, 1.54) is 5.56 Å². The average molecular weight is 375 g/mol. The summed E-state index contributed by atoms with van der Waals surface area (Å²) in [6.45, 7) is 11.5. The molecular formula is C22H34N2O3. The zero-order valence-corrected chi connectivity index (χ0v) is 17.2. The summed E-state index contributed by atoms with van der Waals surface area (Å²) in [5.41, 5.74) is 0.952. The molecular weight excluding hydrogens is 340 g/mol. The van der Waals surface area contributed by atoms with Crippen LogP contribution in [0.25, 0.3) is 0 Å². The summed E-state index contributed by atoms with van der Waals surface area (Å²) in [5, 5.41) is 0. The number of methoxy groups -OCH3 is 1. The molecule has 0 unspecified atom stereocenters. The molecule has 150 valence electrons. The molecule has 2 aliphatic rings. The van der Waals surface area contributed by atoms with Gasteiger partial charge in [0.1, 0.15) is 5.75 Å². The Balaban J connectivity index is 1.76. The number of hydrogen-bond acceptors (Lipinski definition) is 5. The van der Waals surface area contributed by atoms with Crippen molar-refractivity contribution in [2.45, 2.75) is 46.2 Å².